The van der Waals surface area contributed by atoms with E-state index >= 15 is 0 Å². The molecule has 1 aromatic heterocycles. The van der Waals surface area contributed by atoms with E-state index in [-0.39, 0.29) is 5.56 Å². The molecule has 0 N–H and O–H groups in total. The number of hydrogen-bond acceptors (Lipinski definition) is 3. The van der Waals surface area contributed by atoms with Gasteiger partial charge in [0, 0.05) is 23.2 Å². The summed E-state index contributed by atoms with van der Waals surface area (Å²) in [6, 6.07) is 14.6. The molecule has 4 nitrogen and oxygen atoms in total. The van der Waals surface area contributed by atoms with Gasteiger partial charge in [-0.05, 0) is 54.1 Å². The molecule has 0 atom stereocenters. The van der Waals surface area contributed by atoms with Gasteiger partial charge in [-0.1, -0.05) is 29.8 Å². The summed E-state index contributed by atoms with van der Waals surface area (Å²) in [4.78, 5) is 24.3. The maximum absolute atomic E-state index is 12.7. The molecule has 1 heterocycles. The molecule has 0 amide bonds. The summed E-state index contributed by atoms with van der Waals surface area (Å²) < 4.78 is 6.40. The van der Waals surface area contributed by atoms with Crippen molar-refractivity contribution < 1.29 is 9.53 Å². The lowest BCUT2D eigenvalue weighted by molar-refractivity contribution is 0.0601. The zero-order valence-corrected chi connectivity index (χ0v) is 14.6. The summed E-state index contributed by atoms with van der Waals surface area (Å²) in [5.41, 5.74) is 1.47. The fourth-order valence-electron chi connectivity index (χ4n) is 2.81. The van der Waals surface area contributed by atoms with Crippen LogP contribution in [0.3, 0.4) is 0 Å². The molecule has 3 rings (SSSR count). The van der Waals surface area contributed by atoms with E-state index in [0.717, 1.165) is 23.3 Å². The number of methoxy groups -OCH3 is 1. The smallest absolute Gasteiger partial charge is 0.337 e. The lowest BCUT2D eigenvalue weighted by Crippen LogP contribution is -2.20. The van der Waals surface area contributed by atoms with E-state index in [1.165, 1.54) is 12.7 Å². The number of rotatable bonds is 5. The van der Waals surface area contributed by atoms with Crippen LogP contribution < -0.4 is 5.56 Å². The van der Waals surface area contributed by atoms with Crippen molar-refractivity contribution >= 4 is 28.3 Å². The molecule has 2 aromatic carbocycles. The quantitative estimate of drug-likeness (QED) is 0.648. The Hall–Kier alpha value is -2.59. The predicted molar refractivity (Wildman–Crippen MR) is 99.3 cm³/mol. The largest absolute Gasteiger partial charge is 0.465 e. The molecule has 0 fully saturated rings. The van der Waals surface area contributed by atoms with Gasteiger partial charge in [0.05, 0.1) is 12.7 Å². The van der Waals surface area contributed by atoms with E-state index in [2.05, 4.69) is 0 Å². The summed E-state index contributed by atoms with van der Waals surface area (Å²) in [5, 5.41) is 2.06. The van der Waals surface area contributed by atoms with Crippen LogP contribution in [0, 0.1) is 0 Å². The second-order valence-corrected chi connectivity index (χ2v) is 6.27. The zero-order valence-electron chi connectivity index (χ0n) is 13.9. The third-order valence-corrected chi connectivity index (χ3v) is 4.43. The lowest BCUT2D eigenvalue weighted by Gasteiger charge is -2.08. The molecule has 5 heteroatoms. The van der Waals surface area contributed by atoms with Crippen LogP contribution in [0.25, 0.3) is 10.8 Å². The van der Waals surface area contributed by atoms with Crippen LogP contribution >= 0.6 is 11.6 Å². The monoisotopic (exact) mass is 355 g/mol. The number of carbonyl (C=O) groups is 1. The lowest BCUT2D eigenvalue weighted by atomic mass is 10.1. The van der Waals surface area contributed by atoms with Gasteiger partial charge in [0.2, 0.25) is 0 Å². The summed E-state index contributed by atoms with van der Waals surface area (Å²) in [5.74, 6) is -0.445. The highest BCUT2D eigenvalue weighted by Crippen LogP contribution is 2.14. The highest BCUT2D eigenvalue weighted by molar-refractivity contribution is 6.30. The van der Waals surface area contributed by atoms with Crippen LogP contribution in [-0.4, -0.2) is 17.6 Å². The molecule has 3 aromatic rings. The van der Waals surface area contributed by atoms with Gasteiger partial charge < -0.3 is 9.30 Å². The number of ether oxygens (including phenoxy) is 1. The molecular formula is C20H18ClNO3. The molecule has 0 aliphatic carbocycles. The molecule has 0 saturated carbocycles. The van der Waals surface area contributed by atoms with Gasteiger partial charge in [0.25, 0.3) is 5.56 Å². The van der Waals surface area contributed by atoms with Gasteiger partial charge in [-0.2, -0.15) is 0 Å². The highest BCUT2D eigenvalue weighted by Gasteiger charge is 2.09. The molecule has 0 aliphatic rings. The van der Waals surface area contributed by atoms with Crippen LogP contribution in [0.4, 0.5) is 0 Å². The Balaban J connectivity index is 1.79. The number of carbonyl (C=O) groups excluding carboxylic acids is 1. The topological polar surface area (TPSA) is 48.3 Å². The van der Waals surface area contributed by atoms with Crippen molar-refractivity contribution in [1.82, 2.24) is 4.57 Å². The Kier molecular flexibility index (Phi) is 5.19. The first kappa shape index (κ1) is 17.2. The average Bonchev–Trinajstić information content (AvgIpc) is 2.64. The molecule has 128 valence electrons. The van der Waals surface area contributed by atoms with Crippen LogP contribution in [0.5, 0.6) is 0 Å². The Morgan fingerprint density at radius 2 is 1.88 bits per heavy atom. The van der Waals surface area contributed by atoms with Crippen LogP contribution in [0.1, 0.15) is 22.3 Å². The van der Waals surface area contributed by atoms with Crippen molar-refractivity contribution in [3.63, 3.8) is 0 Å². The molecule has 0 radical (unpaired) electrons. The van der Waals surface area contributed by atoms with Crippen molar-refractivity contribution in [1.29, 1.82) is 0 Å². The third kappa shape index (κ3) is 3.91. The third-order valence-electron chi connectivity index (χ3n) is 4.18. The normalized spacial score (nSPS) is 10.8. The van der Waals surface area contributed by atoms with Gasteiger partial charge in [-0.3, -0.25) is 4.79 Å². The summed E-state index contributed by atoms with van der Waals surface area (Å²) in [6.45, 7) is 0.611. The summed E-state index contributed by atoms with van der Waals surface area (Å²) in [7, 11) is 1.33. The summed E-state index contributed by atoms with van der Waals surface area (Å²) >= 11 is 5.88. The number of benzene rings is 2. The molecular weight excluding hydrogens is 338 g/mol. The van der Waals surface area contributed by atoms with Crippen LogP contribution in [0.15, 0.2) is 59.5 Å². The second-order valence-electron chi connectivity index (χ2n) is 5.84. The Morgan fingerprint density at radius 1 is 1.12 bits per heavy atom. The van der Waals surface area contributed by atoms with Crippen LogP contribution in [-0.2, 0) is 17.7 Å². The van der Waals surface area contributed by atoms with Crippen molar-refractivity contribution in [2.75, 3.05) is 7.11 Å². The Bertz CT molecular complexity index is 961. The number of nitrogens with zero attached hydrogens (tertiary/aromatic N) is 1. The summed E-state index contributed by atoms with van der Waals surface area (Å²) in [6.07, 6.45) is 3.50. The number of aryl methyl sites for hydroxylation is 2. The number of aromatic nitrogens is 1. The molecule has 0 unspecified atom stereocenters. The number of halogens is 1. The van der Waals surface area contributed by atoms with Crippen LogP contribution in [0.2, 0.25) is 5.02 Å². The van der Waals surface area contributed by atoms with Crippen molar-refractivity contribution in [3.8, 4) is 0 Å². The molecule has 0 aliphatic heterocycles. The second kappa shape index (κ2) is 7.53. The molecule has 0 spiro atoms. The van der Waals surface area contributed by atoms with Crippen molar-refractivity contribution in [2.45, 2.75) is 19.4 Å². The number of hydrogen-bond donors (Lipinski definition) is 0. The van der Waals surface area contributed by atoms with Crippen molar-refractivity contribution in [3.05, 3.63) is 81.2 Å². The van der Waals surface area contributed by atoms with E-state index in [1.807, 2.05) is 30.3 Å². The van der Waals surface area contributed by atoms with E-state index in [4.69, 9.17) is 16.3 Å². The minimum atomic E-state index is -0.445. The van der Waals surface area contributed by atoms with Crippen molar-refractivity contribution in [2.24, 2.45) is 0 Å². The van der Waals surface area contributed by atoms with E-state index < -0.39 is 5.97 Å². The van der Waals surface area contributed by atoms with Gasteiger partial charge in [-0.25, -0.2) is 4.79 Å². The Labute approximate surface area is 150 Å². The first-order valence-corrected chi connectivity index (χ1v) is 8.42. The number of fused-ring (bicyclic) bond motifs is 1. The molecule has 25 heavy (non-hydrogen) atoms. The number of pyridine rings is 1. The first-order chi connectivity index (χ1) is 12.1. The van der Waals surface area contributed by atoms with Gasteiger partial charge in [-0.15, -0.1) is 0 Å². The maximum atomic E-state index is 12.7. The van der Waals surface area contributed by atoms with E-state index in [1.54, 1.807) is 29.0 Å². The fourth-order valence-corrected chi connectivity index (χ4v) is 2.93. The SMILES string of the molecule is COC(=O)c1ccc2ccn(CCCc3ccc(Cl)cc3)c(=O)c2c1. The van der Waals surface area contributed by atoms with Gasteiger partial charge >= 0.3 is 5.97 Å². The average molecular weight is 356 g/mol. The minimum Gasteiger partial charge on any atom is -0.465 e. The van der Waals surface area contributed by atoms with E-state index in [9.17, 15) is 9.59 Å². The Morgan fingerprint density at radius 3 is 2.60 bits per heavy atom. The maximum Gasteiger partial charge on any atom is 0.337 e. The first-order valence-electron chi connectivity index (χ1n) is 8.04. The van der Waals surface area contributed by atoms with Gasteiger partial charge in [0.15, 0.2) is 0 Å². The highest BCUT2D eigenvalue weighted by atomic mass is 35.5. The van der Waals surface area contributed by atoms with E-state index in [0.29, 0.717) is 17.5 Å². The van der Waals surface area contributed by atoms with Gasteiger partial charge in [0.1, 0.15) is 0 Å². The number of esters is 1. The zero-order chi connectivity index (χ0) is 17.8. The fraction of sp³-hybridized carbons (Fsp3) is 0.200. The molecule has 0 bridgehead atoms. The molecule has 0 saturated heterocycles. The minimum absolute atomic E-state index is 0.0978. The predicted octanol–water partition coefficient (Wildman–Crippen LogP) is 4.07. The standard InChI is InChI=1S/C20H18ClNO3/c1-25-20(24)16-7-6-15-10-12-22(19(23)18(15)13-16)11-2-3-14-4-8-17(21)9-5-14/h4-10,12-13H,2-3,11H2,1H3.